The van der Waals surface area contributed by atoms with Crippen LogP contribution < -0.4 is 4.74 Å². The maximum Gasteiger partial charge on any atom is 0.305 e. The van der Waals surface area contributed by atoms with Crippen molar-refractivity contribution < 1.29 is 19.1 Å². The summed E-state index contributed by atoms with van der Waals surface area (Å²) in [5, 5.41) is 0. The molecule has 0 saturated carbocycles. The fourth-order valence-electron chi connectivity index (χ4n) is 3.52. The first kappa shape index (κ1) is 21.3. The summed E-state index contributed by atoms with van der Waals surface area (Å²) < 4.78 is 10.7. The van der Waals surface area contributed by atoms with Gasteiger partial charge < -0.3 is 9.47 Å². The van der Waals surface area contributed by atoms with E-state index in [1.165, 1.54) is 7.11 Å². The summed E-state index contributed by atoms with van der Waals surface area (Å²) in [5.41, 5.74) is 2.50. The Kier molecular flexibility index (Phi) is 7.39. The molecule has 4 heteroatoms. The summed E-state index contributed by atoms with van der Waals surface area (Å²) in [7, 11) is 1.36. The van der Waals surface area contributed by atoms with E-state index in [1.807, 2.05) is 79.7 Å². The molecule has 0 radical (unpaired) electrons. The second-order valence-corrected chi connectivity index (χ2v) is 7.31. The van der Waals surface area contributed by atoms with Gasteiger partial charge >= 0.3 is 5.97 Å². The smallest absolute Gasteiger partial charge is 0.305 e. The topological polar surface area (TPSA) is 52.6 Å². The lowest BCUT2D eigenvalue weighted by Gasteiger charge is -2.23. The number of esters is 1. The predicted molar refractivity (Wildman–Crippen MR) is 117 cm³/mol. The van der Waals surface area contributed by atoms with Crippen LogP contribution in [0, 0.1) is 5.92 Å². The fraction of sp³-hybridized carbons (Fsp3) is 0.231. The number of carbonyl (C=O) groups is 2. The molecule has 154 valence electrons. The van der Waals surface area contributed by atoms with E-state index >= 15 is 0 Å². The Hall–Kier alpha value is -3.40. The van der Waals surface area contributed by atoms with Crippen molar-refractivity contribution in [2.75, 3.05) is 7.11 Å². The number of carbonyl (C=O) groups excluding carboxylic acids is 2. The SMILES string of the molecule is COC(=O)CC(C)C(C(=O)c1cccc(OCc2ccccc2)c1)c1ccccc1. The molecule has 0 saturated heterocycles. The number of ether oxygens (including phenoxy) is 2. The molecule has 0 amide bonds. The Bertz CT molecular complexity index is 967. The van der Waals surface area contributed by atoms with Gasteiger partial charge in [0.2, 0.25) is 0 Å². The van der Waals surface area contributed by atoms with E-state index in [0.29, 0.717) is 17.9 Å². The monoisotopic (exact) mass is 402 g/mol. The van der Waals surface area contributed by atoms with Crippen LogP contribution in [0.2, 0.25) is 0 Å². The molecule has 3 aromatic carbocycles. The molecular weight excluding hydrogens is 376 g/mol. The molecular formula is C26H26O4. The van der Waals surface area contributed by atoms with E-state index in [2.05, 4.69) is 0 Å². The minimum absolute atomic E-state index is 0.0391. The van der Waals surface area contributed by atoms with E-state index in [1.54, 1.807) is 12.1 Å². The quantitative estimate of drug-likeness (QED) is 0.354. The number of ketones is 1. The molecule has 3 aromatic rings. The lowest BCUT2D eigenvalue weighted by atomic mass is 9.80. The summed E-state index contributed by atoms with van der Waals surface area (Å²) >= 11 is 0. The van der Waals surface area contributed by atoms with Gasteiger partial charge in [0.25, 0.3) is 0 Å². The summed E-state index contributed by atoms with van der Waals surface area (Å²) in [6, 6.07) is 26.7. The second kappa shape index (κ2) is 10.4. The highest BCUT2D eigenvalue weighted by Crippen LogP contribution is 2.32. The van der Waals surface area contributed by atoms with Crippen molar-refractivity contribution in [3.63, 3.8) is 0 Å². The first-order valence-corrected chi connectivity index (χ1v) is 10.0. The van der Waals surface area contributed by atoms with Crippen LogP contribution >= 0.6 is 0 Å². The van der Waals surface area contributed by atoms with E-state index in [-0.39, 0.29) is 24.1 Å². The van der Waals surface area contributed by atoms with Crippen molar-refractivity contribution in [3.05, 3.63) is 102 Å². The van der Waals surface area contributed by atoms with Gasteiger partial charge in [-0.25, -0.2) is 0 Å². The van der Waals surface area contributed by atoms with E-state index < -0.39 is 5.92 Å². The maximum absolute atomic E-state index is 13.5. The van der Waals surface area contributed by atoms with Crippen LogP contribution in [-0.4, -0.2) is 18.9 Å². The van der Waals surface area contributed by atoms with Gasteiger partial charge in [-0.05, 0) is 29.2 Å². The van der Waals surface area contributed by atoms with Crippen LogP contribution in [0.4, 0.5) is 0 Å². The number of Topliss-reactive ketones (excluding diaryl/α,β-unsaturated/α-hetero) is 1. The zero-order chi connectivity index (χ0) is 21.3. The molecule has 2 unspecified atom stereocenters. The van der Waals surface area contributed by atoms with Crippen LogP contribution in [0.5, 0.6) is 5.75 Å². The van der Waals surface area contributed by atoms with Crippen LogP contribution in [0.25, 0.3) is 0 Å². The Morgan fingerprint density at radius 3 is 2.20 bits per heavy atom. The lowest BCUT2D eigenvalue weighted by molar-refractivity contribution is -0.141. The first-order chi connectivity index (χ1) is 14.6. The zero-order valence-electron chi connectivity index (χ0n) is 17.3. The lowest BCUT2D eigenvalue weighted by Crippen LogP contribution is -2.23. The Labute approximate surface area is 177 Å². The molecule has 0 bridgehead atoms. The third-order valence-electron chi connectivity index (χ3n) is 5.09. The molecule has 4 nitrogen and oxygen atoms in total. The van der Waals surface area contributed by atoms with Crippen molar-refractivity contribution >= 4 is 11.8 Å². The molecule has 0 aliphatic rings. The Balaban J connectivity index is 1.82. The second-order valence-electron chi connectivity index (χ2n) is 7.31. The van der Waals surface area contributed by atoms with Gasteiger partial charge in [-0.1, -0.05) is 79.7 Å². The molecule has 2 atom stereocenters. The average molecular weight is 402 g/mol. The number of hydrogen-bond acceptors (Lipinski definition) is 4. The van der Waals surface area contributed by atoms with E-state index in [9.17, 15) is 9.59 Å². The highest BCUT2D eigenvalue weighted by Gasteiger charge is 2.29. The number of rotatable bonds is 9. The molecule has 0 aliphatic carbocycles. The average Bonchev–Trinajstić information content (AvgIpc) is 2.79. The van der Waals surface area contributed by atoms with E-state index in [4.69, 9.17) is 9.47 Å². The number of hydrogen-bond donors (Lipinski definition) is 0. The summed E-state index contributed by atoms with van der Waals surface area (Å²) in [6.07, 6.45) is 0.173. The van der Waals surface area contributed by atoms with Crippen molar-refractivity contribution in [3.8, 4) is 5.75 Å². The predicted octanol–water partition coefficient (Wildman–Crippen LogP) is 5.43. The van der Waals surface area contributed by atoms with Crippen LogP contribution in [0.15, 0.2) is 84.9 Å². The summed E-state index contributed by atoms with van der Waals surface area (Å²) in [5.74, 6) is -0.382. The standard InChI is InChI=1S/C26H26O4/c1-19(16-24(27)29-2)25(21-12-7-4-8-13-21)26(28)22-14-9-15-23(17-22)30-18-20-10-5-3-6-11-20/h3-15,17,19,25H,16,18H2,1-2H3. The molecule has 0 heterocycles. The zero-order valence-corrected chi connectivity index (χ0v) is 17.3. The highest BCUT2D eigenvalue weighted by atomic mass is 16.5. The molecule has 30 heavy (non-hydrogen) atoms. The first-order valence-electron chi connectivity index (χ1n) is 10.0. The fourth-order valence-corrected chi connectivity index (χ4v) is 3.52. The summed E-state index contributed by atoms with van der Waals surface area (Å²) in [6.45, 7) is 2.33. The van der Waals surface area contributed by atoms with Gasteiger partial charge in [-0.3, -0.25) is 9.59 Å². The van der Waals surface area contributed by atoms with Gasteiger partial charge in [0.15, 0.2) is 5.78 Å². The number of methoxy groups -OCH3 is 1. The largest absolute Gasteiger partial charge is 0.489 e. The highest BCUT2D eigenvalue weighted by molar-refractivity contribution is 6.01. The molecule has 3 rings (SSSR count). The van der Waals surface area contributed by atoms with Crippen LogP contribution in [-0.2, 0) is 16.1 Å². The van der Waals surface area contributed by atoms with Gasteiger partial charge in [-0.15, -0.1) is 0 Å². The van der Waals surface area contributed by atoms with Gasteiger partial charge in [0, 0.05) is 12.0 Å². The Morgan fingerprint density at radius 2 is 1.53 bits per heavy atom. The van der Waals surface area contributed by atoms with Gasteiger partial charge in [-0.2, -0.15) is 0 Å². The van der Waals surface area contributed by atoms with Crippen molar-refractivity contribution in [1.29, 1.82) is 0 Å². The van der Waals surface area contributed by atoms with Crippen molar-refractivity contribution in [2.24, 2.45) is 5.92 Å². The minimum Gasteiger partial charge on any atom is -0.489 e. The normalized spacial score (nSPS) is 12.6. The third-order valence-corrected chi connectivity index (χ3v) is 5.09. The minimum atomic E-state index is -0.449. The maximum atomic E-state index is 13.5. The van der Waals surface area contributed by atoms with E-state index in [0.717, 1.165) is 11.1 Å². The Morgan fingerprint density at radius 1 is 0.867 bits per heavy atom. The molecule has 0 aliphatic heterocycles. The molecule has 0 aromatic heterocycles. The molecule has 0 fully saturated rings. The molecule has 0 spiro atoms. The van der Waals surface area contributed by atoms with Crippen molar-refractivity contribution in [2.45, 2.75) is 25.9 Å². The van der Waals surface area contributed by atoms with Crippen molar-refractivity contribution in [1.82, 2.24) is 0 Å². The van der Waals surface area contributed by atoms with Gasteiger partial charge in [0.05, 0.1) is 13.0 Å². The van der Waals surface area contributed by atoms with Crippen LogP contribution in [0.1, 0.15) is 40.7 Å². The van der Waals surface area contributed by atoms with Crippen LogP contribution in [0.3, 0.4) is 0 Å². The third kappa shape index (κ3) is 5.57. The summed E-state index contributed by atoms with van der Waals surface area (Å²) in [4.78, 5) is 25.3. The number of benzene rings is 3. The molecule has 0 N–H and O–H groups in total. The van der Waals surface area contributed by atoms with Gasteiger partial charge in [0.1, 0.15) is 12.4 Å².